The summed E-state index contributed by atoms with van der Waals surface area (Å²) in [5, 5.41) is 9.63. The number of fused-ring (bicyclic) bond motifs is 15. The van der Waals surface area contributed by atoms with Crippen molar-refractivity contribution >= 4 is 94.1 Å². The lowest BCUT2D eigenvalue weighted by Crippen LogP contribution is -2.36. The predicted octanol–water partition coefficient (Wildman–Crippen LogP) is 17.3. The molecule has 15 rings (SSSR count). The number of furan rings is 1. The zero-order chi connectivity index (χ0) is 43.8. The van der Waals surface area contributed by atoms with Crippen molar-refractivity contribution in [1.29, 1.82) is 0 Å². The van der Waals surface area contributed by atoms with Crippen molar-refractivity contribution < 1.29 is 4.42 Å². The lowest BCUT2D eigenvalue weighted by Gasteiger charge is -2.46. The zero-order valence-corrected chi connectivity index (χ0v) is 37.0. The molecule has 0 N–H and O–H groups in total. The summed E-state index contributed by atoms with van der Waals surface area (Å²) in [5.41, 5.74) is 15.9. The van der Waals surface area contributed by atoms with Crippen LogP contribution >= 0.6 is 11.8 Å². The van der Waals surface area contributed by atoms with Crippen LogP contribution in [0.3, 0.4) is 0 Å². The number of benzene rings is 11. The van der Waals surface area contributed by atoms with Crippen LogP contribution in [0.4, 0.5) is 17.1 Å². The highest BCUT2D eigenvalue weighted by Gasteiger charge is 2.48. The second-order valence-electron chi connectivity index (χ2n) is 17.9. The molecule has 312 valence electrons. The minimum Gasteiger partial charge on any atom is -0.456 e. The molecule has 13 aromatic rings. The average Bonchev–Trinajstić information content (AvgIpc) is 3.94. The molecule has 4 heteroatoms. The molecular formula is C63H38N2OS. The molecule has 0 saturated carbocycles. The fraction of sp³-hybridized carbons (Fsp3) is 0.0159. The molecular weight excluding hydrogens is 833 g/mol. The van der Waals surface area contributed by atoms with Gasteiger partial charge in [-0.1, -0.05) is 176 Å². The second-order valence-corrected chi connectivity index (χ2v) is 19.0. The van der Waals surface area contributed by atoms with Crippen LogP contribution in [0.15, 0.2) is 245 Å². The SMILES string of the molecule is c1ccc2c(c1)Sc1cc(N(c3ccc4c(c3)c3ccccc3n4-c3cccc4oc5ccccc5c34)c3cccc4ccccc34)ccc1C21c2ccccc2-c2cccc3cccc1c23. The van der Waals surface area contributed by atoms with Crippen molar-refractivity contribution in [2.45, 2.75) is 15.2 Å². The Balaban J connectivity index is 0.991. The van der Waals surface area contributed by atoms with Gasteiger partial charge >= 0.3 is 0 Å². The molecule has 11 aromatic carbocycles. The second kappa shape index (κ2) is 13.9. The van der Waals surface area contributed by atoms with Gasteiger partial charge in [-0.2, -0.15) is 0 Å². The largest absolute Gasteiger partial charge is 0.456 e. The smallest absolute Gasteiger partial charge is 0.137 e. The van der Waals surface area contributed by atoms with Gasteiger partial charge in [0.05, 0.1) is 33.2 Å². The molecule has 2 aromatic heterocycles. The van der Waals surface area contributed by atoms with E-state index in [4.69, 9.17) is 4.42 Å². The number of nitrogens with zero attached hydrogens (tertiary/aromatic N) is 2. The third-order valence-electron chi connectivity index (χ3n) is 14.6. The van der Waals surface area contributed by atoms with E-state index in [1.807, 2.05) is 17.8 Å². The van der Waals surface area contributed by atoms with Gasteiger partial charge in [-0.3, -0.25) is 0 Å². The monoisotopic (exact) mass is 870 g/mol. The number of rotatable bonds is 4. The topological polar surface area (TPSA) is 21.3 Å². The molecule has 1 aliphatic carbocycles. The Bertz CT molecular complexity index is 4220. The van der Waals surface area contributed by atoms with Crippen LogP contribution in [0.1, 0.15) is 22.3 Å². The summed E-state index contributed by atoms with van der Waals surface area (Å²) in [7, 11) is 0. The Morgan fingerprint density at radius 1 is 0.388 bits per heavy atom. The third-order valence-corrected chi connectivity index (χ3v) is 15.7. The van der Waals surface area contributed by atoms with E-state index in [1.165, 1.54) is 75.5 Å². The van der Waals surface area contributed by atoms with E-state index in [1.54, 1.807) is 0 Å². The molecule has 0 saturated heterocycles. The molecule has 1 atom stereocenters. The molecule has 0 fully saturated rings. The van der Waals surface area contributed by atoms with Gasteiger partial charge in [0, 0.05) is 42.7 Å². The first kappa shape index (κ1) is 37.0. The molecule has 0 bridgehead atoms. The highest BCUT2D eigenvalue weighted by molar-refractivity contribution is 7.99. The molecule has 1 unspecified atom stereocenters. The summed E-state index contributed by atoms with van der Waals surface area (Å²) in [4.78, 5) is 5.02. The van der Waals surface area contributed by atoms with Gasteiger partial charge < -0.3 is 13.9 Å². The standard InChI is InChI=1S/C63H38N2OS/c1-2-19-43-39(15-1)16-13-28-53(43)64(41-34-36-55-48(37-41)45-21-4-8-27-54(45)65(55)56-29-14-31-58-62(56)47-22-5-9-30-57(47)66-58)42-33-35-51-60(38-42)67-59-32-10-7-25-50(59)63(51)49-24-6-3-20-44(49)46-23-11-17-40-18-12-26-52(63)61(40)46/h1-38H. The summed E-state index contributed by atoms with van der Waals surface area (Å²) < 4.78 is 8.85. The minimum atomic E-state index is -0.519. The van der Waals surface area contributed by atoms with Gasteiger partial charge in [-0.15, -0.1) is 0 Å². The van der Waals surface area contributed by atoms with Crippen molar-refractivity contribution in [2.75, 3.05) is 4.90 Å². The maximum absolute atomic E-state index is 6.42. The quantitative estimate of drug-likeness (QED) is 0.176. The molecule has 2 aliphatic rings. The van der Waals surface area contributed by atoms with E-state index in [2.05, 4.69) is 234 Å². The first-order valence-electron chi connectivity index (χ1n) is 23.0. The Morgan fingerprint density at radius 3 is 1.96 bits per heavy atom. The van der Waals surface area contributed by atoms with Gasteiger partial charge in [-0.25, -0.2) is 0 Å². The molecule has 1 spiro atoms. The molecule has 3 nitrogen and oxygen atoms in total. The molecule has 1 aliphatic heterocycles. The van der Waals surface area contributed by atoms with E-state index in [0.29, 0.717) is 0 Å². The maximum atomic E-state index is 6.42. The van der Waals surface area contributed by atoms with Crippen LogP contribution in [0.2, 0.25) is 0 Å². The van der Waals surface area contributed by atoms with E-state index >= 15 is 0 Å². The van der Waals surface area contributed by atoms with Crippen LogP contribution in [-0.4, -0.2) is 4.57 Å². The average molecular weight is 871 g/mol. The van der Waals surface area contributed by atoms with E-state index in [0.717, 1.165) is 55.7 Å². The van der Waals surface area contributed by atoms with Gasteiger partial charge in [0.2, 0.25) is 0 Å². The lowest BCUT2D eigenvalue weighted by atomic mass is 9.59. The molecule has 0 radical (unpaired) electrons. The Hall–Kier alpha value is -8.31. The van der Waals surface area contributed by atoms with E-state index < -0.39 is 5.41 Å². The van der Waals surface area contributed by atoms with Gasteiger partial charge in [0.15, 0.2) is 0 Å². The van der Waals surface area contributed by atoms with Crippen LogP contribution < -0.4 is 4.90 Å². The van der Waals surface area contributed by atoms with E-state index in [-0.39, 0.29) is 0 Å². The van der Waals surface area contributed by atoms with Crippen LogP contribution in [0, 0.1) is 0 Å². The maximum Gasteiger partial charge on any atom is 0.137 e. The minimum absolute atomic E-state index is 0.519. The zero-order valence-electron chi connectivity index (χ0n) is 36.2. The van der Waals surface area contributed by atoms with Crippen molar-refractivity contribution in [2.24, 2.45) is 0 Å². The Morgan fingerprint density at radius 2 is 1.01 bits per heavy atom. The third kappa shape index (κ3) is 5.03. The van der Waals surface area contributed by atoms with Gasteiger partial charge in [0.1, 0.15) is 11.2 Å². The summed E-state index contributed by atoms with van der Waals surface area (Å²) in [6, 6.07) is 85.3. The number of aromatic nitrogens is 1. The molecule has 0 amide bonds. The molecule has 3 heterocycles. The first-order valence-corrected chi connectivity index (χ1v) is 23.8. The van der Waals surface area contributed by atoms with Crippen LogP contribution in [0.25, 0.3) is 82.1 Å². The van der Waals surface area contributed by atoms with Crippen molar-refractivity contribution in [3.05, 3.63) is 253 Å². The van der Waals surface area contributed by atoms with Crippen LogP contribution in [0.5, 0.6) is 0 Å². The molecule has 67 heavy (non-hydrogen) atoms. The summed E-state index contributed by atoms with van der Waals surface area (Å²) in [6.45, 7) is 0. The summed E-state index contributed by atoms with van der Waals surface area (Å²) >= 11 is 1.89. The Labute approximate surface area is 390 Å². The van der Waals surface area contributed by atoms with Crippen molar-refractivity contribution in [1.82, 2.24) is 4.57 Å². The highest BCUT2D eigenvalue weighted by Crippen LogP contribution is 2.62. The lowest BCUT2D eigenvalue weighted by molar-refractivity contribution is 0.669. The van der Waals surface area contributed by atoms with Gasteiger partial charge in [-0.05, 0) is 116 Å². The normalized spacial score (nSPS) is 14.9. The Kier molecular flexibility index (Phi) is 7.64. The highest BCUT2D eigenvalue weighted by atomic mass is 32.2. The number of para-hydroxylation sites is 2. The van der Waals surface area contributed by atoms with Gasteiger partial charge in [0.25, 0.3) is 0 Å². The fourth-order valence-electron chi connectivity index (χ4n) is 12.0. The summed E-state index contributed by atoms with van der Waals surface area (Å²) in [6.07, 6.45) is 0. The van der Waals surface area contributed by atoms with Crippen LogP contribution in [-0.2, 0) is 5.41 Å². The van der Waals surface area contributed by atoms with Crippen molar-refractivity contribution in [3.63, 3.8) is 0 Å². The van der Waals surface area contributed by atoms with Crippen molar-refractivity contribution in [3.8, 4) is 16.8 Å². The number of anilines is 3. The fourth-order valence-corrected chi connectivity index (χ4v) is 13.2. The van der Waals surface area contributed by atoms with E-state index in [9.17, 15) is 0 Å². The number of hydrogen-bond donors (Lipinski definition) is 0. The number of hydrogen-bond acceptors (Lipinski definition) is 3. The predicted molar refractivity (Wildman–Crippen MR) is 279 cm³/mol. The first-order chi connectivity index (χ1) is 33.2. The summed E-state index contributed by atoms with van der Waals surface area (Å²) in [5.74, 6) is 0.